The molecular formula is C13H13ClFNO3. The van der Waals surface area contributed by atoms with Crippen LogP contribution >= 0.6 is 11.6 Å². The van der Waals surface area contributed by atoms with Crippen LogP contribution < -0.4 is 0 Å². The lowest BCUT2D eigenvalue weighted by Gasteiger charge is -2.16. The van der Waals surface area contributed by atoms with Gasteiger partial charge in [0.05, 0.1) is 12.3 Å². The van der Waals surface area contributed by atoms with Gasteiger partial charge in [0.15, 0.2) is 0 Å². The lowest BCUT2D eigenvalue weighted by atomic mass is 10.1. The van der Waals surface area contributed by atoms with E-state index in [1.165, 1.54) is 17.0 Å². The predicted octanol–water partition coefficient (Wildman–Crippen LogP) is 1.95. The summed E-state index contributed by atoms with van der Waals surface area (Å²) in [5.41, 5.74) is 0.548. The molecule has 1 unspecified atom stereocenters. The standard InChI is InChI=1S/C13H13ClFNO3/c14-11-6-10(15)2-1-8(11)5-12(17)16-4-3-9(7-16)13(18)19/h1-2,6,9H,3-5,7H2,(H,18,19). The van der Waals surface area contributed by atoms with E-state index < -0.39 is 17.7 Å². The molecule has 1 N–H and O–H groups in total. The molecule has 1 fully saturated rings. The minimum atomic E-state index is -0.880. The Kier molecular flexibility index (Phi) is 4.04. The van der Waals surface area contributed by atoms with Gasteiger partial charge in [-0.25, -0.2) is 4.39 Å². The second-order valence-corrected chi connectivity index (χ2v) is 4.98. The first-order valence-electron chi connectivity index (χ1n) is 5.92. The third-order valence-electron chi connectivity index (χ3n) is 3.25. The van der Waals surface area contributed by atoms with Crippen molar-refractivity contribution in [2.45, 2.75) is 12.8 Å². The highest BCUT2D eigenvalue weighted by Gasteiger charge is 2.30. The van der Waals surface area contributed by atoms with Crippen LogP contribution in [0.15, 0.2) is 18.2 Å². The zero-order valence-electron chi connectivity index (χ0n) is 10.1. The third kappa shape index (κ3) is 3.23. The number of benzene rings is 1. The first-order valence-corrected chi connectivity index (χ1v) is 6.29. The van der Waals surface area contributed by atoms with Crippen molar-refractivity contribution in [3.63, 3.8) is 0 Å². The highest BCUT2D eigenvalue weighted by atomic mass is 35.5. The van der Waals surface area contributed by atoms with Gasteiger partial charge in [-0.05, 0) is 24.1 Å². The van der Waals surface area contributed by atoms with Gasteiger partial charge in [-0.2, -0.15) is 0 Å². The summed E-state index contributed by atoms with van der Waals surface area (Å²) in [6.07, 6.45) is 0.531. The fraction of sp³-hybridized carbons (Fsp3) is 0.385. The van der Waals surface area contributed by atoms with Gasteiger partial charge in [0.1, 0.15) is 5.82 Å². The van der Waals surface area contributed by atoms with Crippen molar-refractivity contribution < 1.29 is 19.1 Å². The zero-order chi connectivity index (χ0) is 14.0. The fourth-order valence-corrected chi connectivity index (χ4v) is 2.36. The Morgan fingerprint density at radius 3 is 2.79 bits per heavy atom. The zero-order valence-corrected chi connectivity index (χ0v) is 10.9. The van der Waals surface area contributed by atoms with Crippen molar-refractivity contribution >= 4 is 23.5 Å². The monoisotopic (exact) mass is 285 g/mol. The third-order valence-corrected chi connectivity index (χ3v) is 3.60. The number of hydrogen-bond donors (Lipinski definition) is 1. The largest absolute Gasteiger partial charge is 0.481 e. The van der Waals surface area contributed by atoms with Crippen LogP contribution in [0.2, 0.25) is 5.02 Å². The van der Waals surface area contributed by atoms with E-state index in [0.29, 0.717) is 18.5 Å². The molecule has 4 nitrogen and oxygen atoms in total. The molecule has 1 atom stereocenters. The maximum Gasteiger partial charge on any atom is 0.308 e. The SMILES string of the molecule is O=C(O)C1CCN(C(=O)Cc2ccc(F)cc2Cl)C1. The number of hydrogen-bond acceptors (Lipinski definition) is 2. The van der Waals surface area contributed by atoms with Crippen LogP contribution in [-0.2, 0) is 16.0 Å². The summed E-state index contributed by atoms with van der Waals surface area (Å²) in [5, 5.41) is 9.09. The fourth-order valence-electron chi connectivity index (χ4n) is 2.13. The second-order valence-electron chi connectivity index (χ2n) is 4.58. The molecule has 0 spiro atoms. The van der Waals surface area contributed by atoms with Crippen molar-refractivity contribution in [1.29, 1.82) is 0 Å². The number of likely N-dealkylation sites (tertiary alicyclic amines) is 1. The molecule has 102 valence electrons. The topological polar surface area (TPSA) is 57.6 Å². The molecule has 6 heteroatoms. The summed E-state index contributed by atoms with van der Waals surface area (Å²) >= 11 is 5.85. The molecule has 0 aliphatic carbocycles. The van der Waals surface area contributed by atoms with Crippen LogP contribution in [-0.4, -0.2) is 35.0 Å². The number of carbonyl (C=O) groups is 2. The van der Waals surface area contributed by atoms with Crippen molar-refractivity contribution in [2.24, 2.45) is 5.92 Å². The van der Waals surface area contributed by atoms with Gasteiger partial charge in [0, 0.05) is 18.1 Å². The quantitative estimate of drug-likeness (QED) is 0.923. The highest BCUT2D eigenvalue weighted by Crippen LogP contribution is 2.21. The Morgan fingerprint density at radius 2 is 2.21 bits per heavy atom. The molecule has 0 bridgehead atoms. The number of nitrogens with zero attached hydrogens (tertiary/aromatic N) is 1. The van der Waals surface area contributed by atoms with Gasteiger partial charge >= 0.3 is 5.97 Å². The van der Waals surface area contributed by atoms with Crippen LogP contribution in [0.1, 0.15) is 12.0 Å². The van der Waals surface area contributed by atoms with Gasteiger partial charge < -0.3 is 10.0 Å². The average Bonchev–Trinajstić information content (AvgIpc) is 2.82. The maximum atomic E-state index is 12.9. The lowest BCUT2D eigenvalue weighted by molar-refractivity contribution is -0.141. The summed E-state index contributed by atoms with van der Waals surface area (Å²) in [4.78, 5) is 24.3. The number of amides is 1. The van der Waals surface area contributed by atoms with E-state index >= 15 is 0 Å². The van der Waals surface area contributed by atoms with Gasteiger partial charge in [0.25, 0.3) is 0 Å². The molecule has 1 aromatic carbocycles. The number of halogens is 2. The van der Waals surface area contributed by atoms with Crippen LogP contribution in [0.4, 0.5) is 4.39 Å². The smallest absolute Gasteiger partial charge is 0.308 e. The first-order chi connectivity index (χ1) is 8.97. The van der Waals surface area contributed by atoms with E-state index in [1.54, 1.807) is 0 Å². The number of aliphatic carboxylic acids is 1. The number of carboxylic acid groups (broad SMARTS) is 1. The molecule has 1 aliphatic rings. The van der Waals surface area contributed by atoms with Gasteiger partial charge in [-0.15, -0.1) is 0 Å². The molecule has 1 aromatic rings. The van der Waals surface area contributed by atoms with Crippen molar-refractivity contribution in [2.75, 3.05) is 13.1 Å². The summed E-state index contributed by atoms with van der Waals surface area (Å²) in [6.45, 7) is 0.668. The Hall–Kier alpha value is -1.62. The van der Waals surface area contributed by atoms with Gasteiger partial charge in [-0.1, -0.05) is 17.7 Å². The van der Waals surface area contributed by atoms with E-state index in [9.17, 15) is 14.0 Å². The van der Waals surface area contributed by atoms with Crippen molar-refractivity contribution in [3.8, 4) is 0 Å². The average molecular weight is 286 g/mol. The van der Waals surface area contributed by atoms with Crippen LogP contribution in [0.5, 0.6) is 0 Å². The molecule has 1 heterocycles. The summed E-state index contributed by atoms with van der Waals surface area (Å²) in [7, 11) is 0. The molecule has 1 saturated heterocycles. The minimum Gasteiger partial charge on any atom is -0.481 e. The summed E-state index contributed by atoms with van der Waals surface area (Å²) < 4.78 is 12.9. The molecule has 19 heavy (non-hydrogen) atoms. The minimum absolute atomic E-state index is 0.0610. The molecule has 2 rings (SSSR count). The maximum absolute atomic E-state index is 12.9. The van der Waals surface area contributed by atoms with E-state index in [1.807, 2.05) is 0 Å². The molecule has 1 amide bonds. The van der Waals surface area contributed by atoms with Crippen molar-refractivity contribution in [3.05, 3.63) is 34.6 Å². The van der Waals surface area contributed by atoms with E-state index in [2.05, 4.69) is 0 Å². The number of carboxylic acids is 1. The number of rotatable bonds is 3. The molecular weight excluding hydrogens is 273 g/mol. The normalized spacial score (nSPS) is 18.6. The summed E-state index contributed by atoms with van der Waals surface area (Å²) in [6, 6.07) is 3.88. The Bertz CT molecular complexity index is 521. The first kappa shape index (κ1) is 13.8. The van der Waals surface area contributed by atoms with E-state index in [4.69, 9.17) is 16.7 Å². The predicted molar refractivity (Wildman–Crippen MR) is 67.4 cm³/mol. The molecule has 1 aliphatic heterocycles. The second kappa shape index (κ2) is 5.57. The lowest BCUT2D eigenvalue weighted by Crippen LogP contribution is -2.31. The Labute approximate surface area is 114 Å². The van der Waals surface area contributed by atoms with E-state index in [-0.39, 0.29) is 23.9 Å². The van der Waals surface area contributed by atoms with Crippen LogP contribution in [0.25, 0.3) is 0 Å². The Morgan fingerprint density at radius 1 is 1.47 bits per heavy atom. The van der Waals surface area contributed by atoms with Crippen LogP contribution in [0, 0.1) is 11.7 Å². The van der Waals surface area contributed by atoms with Gasteiger partial charge in [0.2, 0.25) is 5.91 Å². The van der Waals surface area contributed by atoms with Crippen molar-refractivity contribution in [1.82, 2.24) is 4.90 Å². The van der Waals surface area contributed by atoms with E-state index in [0.717, 1.165) is 6.07 Å². The van der Waals surface area contributed by atoms with Gasteiger partial charge in [-0.3, -0.25) is 9.59 Å². The molecule has 0 radical (unpaired) electrons. The number of carbonyl (C=O) groups excluding carboxylic acids is 1. The molecule has 0 saturated carbocycles. The Balaban J connectivity index is 2.00. The molecule has 0 aromatic heterocycles. The van der Waals surface area contributed by atoms with Crippen LogP contribution in [0.3, 0.4) is 0 Å². The highest BCUT2D eigenvalue weighted by molar-refractivity contribution is 6.31. The summed E-state index contributed by atoms with van der Waals surface area (Å²) in [5.74, 6) is -2.01.